The van der Waals surface area contributed by atoms with Gasteiger partial charge in [-0.25, -0.2) is 14.2 Å². The fourth-order valence-electron chi connectivity index (χ4n) is 5.04. The van der Waals surface area contributed by atoms with E-state index in [0.29, 0.717) is 57.7 Å². The molecule has 14 heteroatoms. The van der Waals surface area contributed by atoms with Crippen molar-refractivity contribution in [3.8, 4) is 5.88 Å². The maximum absolute atomic E-state index is 14.8. The molecule has 11 nitrogen and oxygen atoms in total. The second-order valence-electron chi connectivity index (χ2n) is 10.2. The third-order valence-electron chi connectivity index (χ3n) is 7.37. The minimum absolute atomic E-state index is 0.0647. The number of carboxylic acids is 1. The number of hydrogen-bond donors (Lipinski definition) is 1. The van der Waals surface area contributed by atoms with E-state index in [9.17, 15) is 18.7 Å². The molecule has 0 spiro atoms. The lowest BCUT2D eigenvalue weighted by Gasteiger charge is -2.28. The smallest absolute Gasteiger partial charge is 0.335 e. The lowest BCUT2D eigenvalue weighted by molar-refractivity contribution is -0.0591. The SMILES string of the molecule is O=C(O)c1cc(F)c2nc(CN3C=CN(c4cccc(OCc5ccc(Cl)c6cc(F)oc56)n4)C=N3)n(C[C@@H]3CCO3)c2c1. The van der Waals surface area contributed by atoms with E-state index < -0.39 is 17.8 Å². The number of halogens is 3. The highest BCUT2D eigenvalue weighted by Crippen LogP contribution is 2.30. The van der Waals surface area contributed by atoms with Crippen molar-refractivity contribution < 1.29 is 32.6 Å². The van der Waals surface area contributed by atoms with Gasteiger partial charge in [0, 0.05) is 42.1 Å². The number of hydrogen-bond acceptors (Lipinski definition) is 9. The van der Waals surface area contributed by atoms with Crippen molar-refractivity contribution in [2.24, 2.45) is 5.10 Å². The van der Waals surface area contributed by atoms with E-state index in [2.05, 4.69) is 15.1 Å². The van der Waals surface area contributed by atoms with Gasteiger partial charge >= 0.3 is 5.97 Å². The Hall–Kier alpha value is -5.01. The predicted octanol–water partition coefficient (Wildman–Crippen LogP) is 5.91. The van der Waals surface area contributed by atoms with E-state index in [1.807, 2.05) is 0 Å². The zero-order chi connectivity index (χ0) is 30.4. The minimum atomic E-state index is -1.22. The van der Waals surface area contributed by atoms with Gasteiger partial charge in [0.2, 0.25) is 5.88 Å². The fourth-order valence-corrected chi connectivity index (χ4v) is 5.24. The molecular weight excluding hydrogens is 598 g/mol. The Kier molecular flexibility index (Phi) is 7.10. The first-order valence-corrected chi connectivity index (χ1v) is 14.0. The molecule has 0 amide bonds. The molecule has 0 unspecified atom stereocenters. The highest BCUT2D eigenvalue weighted by molar-refractivity contribution is 6.35. The first-order chi connectivity index (χ1) is 21.3. The summed E-state index contributed by atoms with van der Waals surface area (Å²) in [6, 6.07) is 11.5. The van der Waals surface area contributed by atoms with Gasteiger partial charge < -0.3 is 23.6 Å². The Balaban J connectivity index is 1.07. The van der Waals surface area contributed by atoms with Crippen molar-refractivity contribution in [3.05, 3.63) is 94.7 Å². The zero-order valence-electron chi connectivity index (χ0n) is 22.9. The lowest BCUT2D eigenvalue weighted by atomic mass is 10.1. The van der Waals surface area contributed by atoms with Crippen LogP contribution in [-0.4, -0.2) is 49.7 Å². The van der Waals surface area contributed by atoms with E-state index in [-0.39, 0.29) is 30.3 Å². The van der Waals surface area contributed by atoms with Crippen molar-refractivity contribution in [1.29, 1.82) is 0 Å². The number of carbonyl (C=O) groups is 1. The first-order valence-electron chi connectivity index (χ1n) is 13.6. The van der Waals surface area contributed by atoms with Crippen molar-refractivity contribution in [2.45, 2.75) is 32.2 Å². The number of ether oxygens (including phenoxy) is 2. The molecule has 44 heavy (non-hydrogen) atoms. The fraction of sp³-hybridized carbons (Fsp3) is 0.200. The Bertz CT molecular complexity index is 1960. The quantitative estimate of drug-likeness (QED) is 0.214. The Morgan fingerprint density at radius 2 is 2.00 bits per heavy atom. The van der Waals surface area contributed by atoms with Gasteiger partial charge in [0.25, 0.3) is 6.01 Å². The summed E-state index contributed by atoms with van der Waals surface area (Å²) in [5.74, 6) is -0.555. The number of pyridine rings is 1. The standard InChI is InChI=1S/C30H23ClF2N6O5/c31-21-5-4-17(29-20(21)12-24(33)44-29)15-43-27-3-1-2-25(35-27)37-7-8-38(34-16-37)14-26-36-28-22(32)10-18(30(40)41)11-23(28)39(26)13-19-6-9-42-19/h1-5,7-8,10-12,16,19H,6,9,13-15H2,(H,40,41)/t19-/m0/s1. The molecule has 3 aromatic heterocycles. The Labute approximate surface area is 253 Å². The molecule has 0 radical (unpaired) electrons. The molecule has 1 N–H and O–H groups in total. The highest BCUT2D eigenvalue weighted by Gasteiger charge is 2.25. The van der Waals surface area contributed by atoms with Gasteiger partial charge in [-0.1, -0.05) is 23.7 Å². The minimum Gasteiger partial charge on any atom is -0.478 e. The number of nitrogens with zero attached hydrogens (tertiary/aromatic N) is 6. The number of hydrazone groups is 1. The number of carboxylic acid groups (broad SMARTS) is 1. The second-order valence-corrected chi connectivity index (χ2v) is 10.6. The summed E-state index contributed by atoms with van der Waals surface area (Å²) in [6.07, 6.45) is 5.81. The van der Waals surface area contributed by atoms with Crippen LogP contribution in [0.3, 0.4) is 0 Å². The number of aromatic nitrogens is 3. The average molecular weight is 621 g/mol. The van der Waals surface area contributed by atoms with Gasteiger partial charge in [0.1, 0.15) is 35.7 Å². The summed E-state index contributed by atoms with van der Waals surface area (Å²) in [4.78, 5) is 22.3. The van der Waals surface area contributed by atoms with Crippen LogP contribution in [0.4, 0.5) is 14.6 Å². The summed E-state index contributed by atoms with van der Waals surface area (Å²) in [5, 5.41) is 16.4. The molecule has 1 atom stereocenters. The molecular formula is C30H23ClF2N6O5. The molecule has 0 bridgehead atoms. The summed E-state index contributed by atoms with van der Waals surface area (Å²) in [6.45, 7) is 1.33. The van der Waals surface area contributed by atoms with Crippen LogP contribution < -0.4 is 9.64 Å². The molecule has 224 valence electrons. The topological polar surface area (TPSA) is 118 Å². The first kappa shape index (κ1) is 27.8. The van der Waals surface area contributed by atoms with Crippen molar-refractivity contribution >= 4 is 51.7 Å². The van der Waals surface area contributed by atoms with Crippen LogP contribution >= 0.6 is 11.6 Å². The molecule has 2 aliphatic heterocycles. The number of benzene rings is 2. The van der Waals surface area contributed by atoms with Crippen LogP contribution in [0.1, 0.15) is 28.2 Å². The molecule has 7 rings (SSSR count). The van der Waals surface area contributed by atoms with E-state index >= 15 is 0 Å². The summed E-state index contributed by atoms with van der Waals surface area (Å²) < 4.78 is 46.9. The van der Waals surface area contributed by atoms with Gasteiger partial charge in [-0.3, -0.25) is 9.91 Å². The van der Waals surface area contributed by atoms with Crippen LogP contribution in [0.5, 0.6) is 5.88 Å². The van der Waals surface area contributed by atoms with E-state index in [4.69, 9.17) is 25.5 Å². The molecule has 1 fully saturated rings. The van der Waals surface area contributed by atoms with E-state index in [0.717, 1.165) is 12.5 Å². The highest BCUT2D eigenvalue weighted by atomic mass is 35.5. The van der Waals surface area contributed by atoms with Crippen LogP contribution in [-0.2, 0) is 24.4 Å². The van der Waals surface area contributed by atoms with Gasteiger partial charge in [-0.05, 0) is 30.7 Å². The zero-order valence-corrected chi connectivity index (χ0v) is 23.6. The van der Waals surface area contributed by atoms with Crippen molar-refractivity contribution in [1.82, 2.24) is 19.5 Å². The molecule has 1 saturated heterocycles. The van der Waals surface area contributed by atoms with Gasteiger partial charge in [0.05, 0.1) is 35.3 Å². The maximum atomic E-state index is 14.8. The van der Waals surface area contributed by atoms with Gasteiger partial charge in [0.15, 0.2) is 5.82 Å². The maximum Gasteiger partial charge on any atom is 0.335 e. The van der Waals surface area contributed by atoms with E-state index in [1.54, 1.807) is 63.5 Å². The van der Waals surface area contributed by atoms with Gasteiger partial charge in [-0.2, -0.15) is 14.5 Å². The number of anilines is 1. The normalized spacial score (nSPS) is 16.2. The molecule has 2 aliphatic rings. The van der Waals surface area contributed by atoms with Crippen LogP contribution in [0.25, 0.3) is 22.0 Å². The summed E-state index contributed by atoms with van der Waals surface area (Å²) in [5.41, 5.74) is 1.25. The third kappa shape index (κ3) is 5.31. The van der Waals surface area contributed by atoms with Crippen LogP contribution in [0, 0.1) is 11.8 Å². The number of furan rings is 1. The predicted molar refractivity (Wildman–Crippen MR) is 156 cm³/mol. The Morgan fingerprint density at radius 3 is 2.75 bits per heavy atom. The number of fused-ring (bicyclic) bond motifs is 2. The average Bonchev–Trinajstić information content (AvgIpc) is 3.56. The molecule has 0 aliphatic carbocycles. The lowest BCUT2D eigenvalue weighted by Crippen LogP contribution is -2.32. The molecule has 5 heterocycles. The number of aromatic carboxylic acids is 1. The Morgan fingerprint density at radius 1 is 1.14 bits per heavy atom. The number of rotatable bonds is 9. The van der Waals surface area contributed by atoms with Crippen LogP contribution in [0.2, 0.25) is 5.02 Å². The monoisotopic (exact) mass is 620 g/mol. The second kappa shape index (κ2) is 11.2. The largest absolute Gasteiger partial charge is 0.478 e. The molecule has 5 aromatic rings. The van der Waals surface area contributed by atoms with Crippen molar-refractivity contribution in [3.63, 3.8) is 0 Å². The summed E-state index contributed by atoms with van der Waals surface area (Å²) in [7, 11) is 0. The van der Waals surface area contributed by atoms with Crippen molar-refractivity contribution in [2.75, 3.05) is 11.5 Å². The molecule has 2 aromatic carbocycles. The summed E-state index contributed by atoms with van der Waals surface area (Å²) >= 11 is 6.15. The van der Waals surface area contributed by atoms with Crippen LogP contribution in [0.15, 0.2) is 70.4 Å². The van der Waals surface area contributed by atoms with E-state index in [1.165, 1.54) is 12.1 Å². The molecule has 0 saturated carbocycles. The number of imidazole rings is 1. The van der Waals surface area contributed by atoms with Gasteiger partial charge in [-0.15, -0.1) is 0 Å². The third-order valence-corrected chi connectivity index (χ3v) is 7.70.